The molecule has 7 heteroatoms. The Morgan fingerprint density at radius 3 is 2.96 bits per heavy atom. The quantitative estimate of drug-likeness (QED) is 0.692. The highest BCUT2D eigenvalue weighted by molar-refractivity contribution is 7.08. The van der Waals surface area contributed by atoms with Crippen molar-refractivity contribution in [2.45, 2.75) is 19.9 Å². The third-order valence-corrected chi connectivity index (χ3v) is 5.43. The Kier molecular flexibility index (Phi) is 5.31. The highest BCUT2D eigenvalue weighted by Crippen LogP contribution is 2.19. The molecule has 140 valence electrons. The van der Waals surface area contributed by atoms with E-state index in [9.17, 15) is 4.79 Å². The molecule has 27 heavy (non-hydrogen) atoms. The first-order valence-electron chi connectivity index (χ1n) is 9.12. The summed E-state index contributed by atoms with van der Waals surface area (Å²) >= 11 is 1.61. The average molecular weight is 382 g/mol. The number of rotatable bonds is 4. The fraction of sp³-hybridized carbons (Fsp3) is 0.350. The highest BCUT2D eigenvalue weighted by atomic mass is 32.1. The number of hydrogen-bond donors (Lipinski definition) is 0. The molecule has 0 spiro atoms. The normalized spacial score (nSPS) is 15.7. The summed E-state index contributed by atoms with van der Waals surface area (Å²) in [6.45, 7) is 5.81. The maximum Gasteiger partial charge on any atom is 0.253 e. The number of aromatic nitrogens is 2. The van der Waals surface area contributed by atoms with Gasteiger partial charge >= 0.3 is 0 Å². The smallest absolute Gasteiger partial charge is 0.253 e. The molecule has 6 nitrogen and oxygen atoms in total. The molecule has 1 aliphatic heterocycles. The molecule has 0 radical (unpaired) electrons. The predicted octanol–water partition coefficient (Wildman–Crippen LogP) is 3.45. The van der Waals surface area contributed by atoms with Crippen LogP contribution in [-0.2, 0) is 6.54 Å². The number of carbonyl (C=O) groups is 1. The number of nitrogens with zero attached hydrogens (tertiary/aromatic N) is 4. The first-order chi connectivity index (χ1) is 13.2. The van der Waals surface area contributed by atoms with Crippen molar-refractivity contribution in [2.24, 2.45) is 0 Å². The Hall–Kier alpha value is -2.51. The lowest BCUT2D eigenvalue weighted by molar-refractivity contribution is 0.0760. The van der Waals surface area contributed by atoms with Crippen molar-refractivity contribution >= 4 is 17.2 Å². The van der Waals surface area contributed by atoms with Crippen LogP contribution in [0.1, 0.15) is 28.2 Å². The number of carbonyl (C=O) groups excluding carboxylic acids is 1. The van der Waals surface area contributed by atoms with Crippen LogP contribution in [-0.4, -0.2) is 52.0 Å². The van der Waals surface area contributed by atoms with Gasteiger partial charge < -0.3 is 9.42 Å². The summed E-state index contributed by atoms with van der Waals surface area (Å²) in [5, 5.41) is 8.08. The highest BCUT2D eigenvalue weighted by Gasteiger charge is 2.21. The molecule has 0 atom stereocenters. The van der Waals surface area contributed by atoms with Crippen LogP contribution in [0.5, 0.6) is 0 Å². The molecule has 0 aliphatic carbocycles. The average Bonchev–Trinajstić information content (AvgIpc) is 3.30. The third-order valence-electron chi connectivity index (χ3n) is 4.75. The lowest BCUT2D eigenvalue weighted by atomic mass is 10.1. The van der Waals surface area contributed by atoms with Crippen LogP contribution in [0.4, 0.5) is 0 Å². The molecule has 4 rings (SSSR count). The maximum absolute atomic E-state index is 12.8. The monoisotopic (exact) mass is 382 g/mol. The van der Waals surface area contributed by atoms with Crippen LogP contribution in [0.2, 0.25) is 0 Å². The van der Waals surface area contributed by atoms with Crippen LogP contribution in [0.3, 0.4) is 0 Å². The predicted molar refractivity (Wildman–Crippen MR) is 105 cm³/mol. The number of amides is 1. The van der Waals surface area contributed by atoms with Crippen molar-refractivity contribution in [1.29, 1.82) is 0 Å². The van der Waals surface area contributed by atoms with Gasteiger partial charge in [0.05, 0.1) is 6.54 Å². The third kappa shape index (κ3) is 4.26. The van der Waals surface area contributed by atoms with Crippen molar-refractivity contribution in [2.75, 3.05) is 26.2 Å². The zero-order chi connectivity index (χ0) is 18.6. The van der Waals surface area contributed by atoms with Gasteiger partial charge in [0.25, 0.3) is 5.91 Å². The summed E-state index contributed by atoms with van der Waals surface area (Å²) in [6.07, 6.45) is 0.934. The van der Waals surface area contributed by atoms with E-state index in [-0.39, 0.29) is 5.91 Å². The molecule has 0 unspecified atom stereocenters. The van der Waals surface area contributed by atoms with E-state index in [2.05, 4.69) is 15.0 Å². The number of aryl methyl sites for hydroxylation is 1. The van der Waals surface area contributed by atoms with E-state index in [0.717, 1.165) is 42.7 Å². The van der Waals surface area contributed by atoms with Crippen LogP contribution in [0.25, 0.3) is 11.4 Å². The van der Waals surface area contributed by atoms with Gasteiger partial charge in [-0.1, -0.05) is 22.9 Å². The summed E-state index contributed by atoms with van der Waals surface area (Å²) in [5.74, 6) is 1.37. The summed E-state index contributed by atoms with van der Waals surface area (Å²) in [4.78, 5) is 21.5. The first kappa shape index (κ1) is 17.9. The zero-order valence-electron chi connectivity index (χ0n) is 15.3. The van der Waals surface area contributed by atoms with Gasteiger partial charge in [0.1, 0.15) is 0 Å². The summed E-state index contributed by atoms with van der Waals surface area (Å²) in [5.41, 5.74) is 2.86. The molecule has 3 aromatic rings. The van der Waals surface area contributed by atoms with Crippen LogP contribution >= 0.6 is 11.3 Å². The SMILES string of the molecule is Cc1cccc(C(=O)N2CCCN(Cc3nc(-c4ccsc4)no3)CC2)c1. The summed E-state index contributed by atoms with van der Waals surface area (Å²) in [6, 6.07) is 9.78. The molecule has 2 aromatic heterocycles. The molecule has 1 saturated heterocycles. The van der Waals surface area contributed by atoms with Crippen molar-refractivity contribution in [3.05, 3.63) is 58.1 Å². The minimum Gasteiger partial charge on any atom is -0.338 e. The van der Waals surface area contributed by atoms with Gasteiger partial charge in [0, 0.05) is 42.7 Å². The van der Waals surface area contributed by atoms with Crippen molar-refractivity contribution in [1.82, 2.24) is 19.9 Å². The molecule has 1 fully saturated rings. The molecule has 0 bridgehead atoms. The second-order valence-corrected chi connectivity index (χ2v) is 7.60. The number of benzene rings is 1. The van der Waals surface area contributed by atoms with Crippen LogP contribution < -0.4 is 0 Å². The molecular weight excluding hydrogens is 360 g/mol. The Morgan fingerprint density at radius 2 is 2.15 bits per heavy atom. The number of thiophene rings is 1. The lowest BCUT2D eigenvalue weighted by Gasteiger charge is -2.21. The topological polar surface area (TPSA) is 62.5 Å². The molecule has 0 saturated carbocycles. The Bertz CT molecular complexity index is 906. The van der Waals surface area contributed by atoms with Gasteiger partial charge in [0.2, 0.25) is 11.7 Å². The van der Waals surface area contributed by atoms with Gasteiger partial charge in [-0.05, 0) is 36.9 Å². The minimum absolute atomic E-state index is 0.109. The van der Waals surface area contributed by atoms with Gasteiger partial charge in [-0.15, -0.1) is 0 Å². The van der Waals surface area contributed by atoms with Gasteiger partial charge in [0.15, 0.2) is 0 Å². The Morgan fingerprint density at radius 1 is 1.22 bits per heavy atom. The van der Waals surface area contributed by atoms with Crippen molar-refractivity contribution < 1.29 is 9.32 Å². The summed E-state index contributed by atoms with van der Waals surface area (Å²) < 4.78 is 5.41. The summed E-state index contributed by atoms with van der Waals surface area (Å²) in [7, 11) is 0. The maximum atomic E-state index is 12.8. The van der Waals surface area contributed by atoms with Crippen molar-refractivity contribution in [3.63, 3.8) is 0 Å². The molecule has 0 N–H and O–H groups in total. The molecule has 1 aliphatic rings. The Balaban J connectivity index is 1.37. The zero-order valence-corrected chi connectivity index (χ0v) is 16.1. The fourth-order valence-corrected chi connectivity index (χ4v) is 3.95. The van der Waals surface area contributed by atoms with Crippen LogP contribution in [0.15, 0.2) is 45.6 Å². The van der Waals surface area contributed by atoms with Crippen molar-refractivity contribution in [3.8, 4) is 11.4 Å². The van der Waals surface area contributed by atoms with E-state index >= 15 is 0 Å². The molecule has 1 amide bonds. The van der Waals surface area contributed by atoms with Gasteiger partial charge in [-0.3, -0.25) is 9.69 Å². The standard InChI is InChI=1S/C20H22N4O2S/c1-15-4-2-5-16(12-15)20(25)24-8-3-7-23(9-10-24)13-18-21-19(22-26-18)17-6-11-27-14-17/h2,4-6,11-12,14H,3,7-10,13H2,1H3. The first-order valence-corrected chi connectivity index (χ1v) is 10.1. The van der Waals surface area contributed by atoms with Gasteiger partial charge in [-0.2, -0.15) is 16.3 Å². The largest absolute Gasteiger partial charge is 0.338 e. The Labute approximate surface area is 162 Å². The molecule has 1 aromatic carbocycles. The van der Waals surface area contributed by atoms with E-state index in [4.69, 9.17) is 4.52 Å². The number of hydrogen-bond acceptors (Lipinski definition) is 6. The van der Waals surface area contributed by atoms with E-state index in [1.165, 1.54) is 0 Å². The minimum atomic E-state index is 0.109. The van der Waals surface area contributed by atoms with E-state index in [1.807, 2.05) is 52.9 Å². The molecule has 3 heterocycles. The van der Waals surface area contributed by atoms with E-state index in [1.54, 1.807) is 11.3 Å². The second kappa shape index (κ2) is 8.02. The second-order valence-electron chi connectivity index (χ2n) is 6.82. The fourth-order valence-electron chi connectivity index (χ4n) is 3.31. The molecular formula is C20H22N4O2S. The van der Waals surface area contributed by atoms with Crippen LogP contribution in [0, 0.1) is 6.92 Å². The van der Waals surface area contributed by atoms with Gasteiger partial charge in [-0.25, -0.2) is 0 Å². The van der Waals surface area contributed by atoms with E-state index in [0.29, 0.717) is 24.8 Å². The lowest BCUT2D eigenvalue weighted by Crippen LogP contribution is -2.35. The van der Waals surface area contributed by atoms with E-state index < -0.39 is 0 Å².